The molecule has 0 radical (unpaired) electrons. The maximum absolute atomic E-state index is 12.7. The Bertz CT molecular complexity index is 1310. The van der Waals surface area contributed by atoms with Gasteiger partial charge in [-0.15, -0.1) is 0 Å². The van der Waals surface area contributed by atoms with E-state index in [0.717, 1.165) is 12.1 Å². The number of nitrogens with zero attached hydrogens (tertiary/aromatic N) is 2. The third-order valence-corrected chi connectivity index (χ3v) is 4.89. The van der Waals surface area contributed by atoms with Crippen molar-refractivity contribution in [1.82, 2.24) is 20.2 Å². The molecule has 3 aromatic rings. The summed E-state index contributed by atoms with van der Waals surface area (Å²) in [5, 5.41) is 41.1. The lowest BCUT2D eigenvalue weighted by atomic mass is 10.1. The molecule has 1 amide bonds. The maximum Gasteiger partial charge on any atom is 0.253 e. The molecule has 3 rings (SSSR count). The molecule has 1 heterocycles. The summed E-state index contributed by atoms with van der Waals surface area (Å²) in [4.78, 5) is 45.6. The summed E-state index contributed by atoms with van der Waals surface area (Å²) in [6, 6.07) is 3.32. The third-order valence-electron chi connectivity index (χ3n) is 4.89. The monoisotopic (exact) mass is 430 g/mol. The van der Waals surface area contributed by atoms with Gasteiger partial charge >= 0.3 is 0 Å². The number of phenols is 1. The molecule has 6 N–H and O–H groups in total. The van der Waals surface area contributed by atoms with Gasteiger partial charge < -0.3 is 30.7 Å². The number of amides is 1. The minimum atomic E-state index is -0.925. The summed E-state index contributed by atoms with van der Waals surface area (Å²) in [7, 11) is 0. The quantitative estimate of drug-likeness (QED) is 0.209. The Morgan fingerprint density at radius 1 is 1.16 bits per heavy atom. The number of aromatic amines is 1. The van der Waals surface area contributed by atoms with Gasteiger partial charge in [0, 0.05) is 19.2 Å². The van der Waals surface area contributed by atoms with Crippen LogP contribution in [0.2, 0.25) is 0 Å². The fraction of sp³-hybridized carbons (Fsp3) is 0.300. The second kappa shape index (κ2) is 8.68. The Balaban J connectivity index is 2.05. The van der Waals surface area contributed by atoms with Crippen LogP contribution in [0, 0.1) is 0 Å². The maximum atomic E-state index is 12.7. The average molecular weight is 430 g/mol. The second-order valence-electron chi connectivity index (χ2n) is 6.99. The van der Waals surface area contributed by atoms with Crippen LogP contribution < -0.4 is 21.4 Å². The van der Waals surface area contributed by atoms with Crippen LogP contribution in [0.5, 0.6) is 5.75 Å². The first-order valence-electron chi connectivity index (χ1n) is 9.43. The minimum Gasteiger partial charge on any atom is -0.515 e. The lowest BCUT2D eigenvalue weighted by Crippen LogP contribution is -2.44. The average Bonchev–Trinajstić information content (AvgIpc) is 2.70. The molecule has 2 unspecified atom stereocenters. The van der Waals surface area contributed by atoms with Crippen molar-refractivity contribution in [2.75, 3.05) is 13.1 Å². The predicted molar refractivity (Wildman–Crippen MR) is 113 cm³/mol. The number of fused-ring (bicyclic) bond motifs is 2. The van der Waals surface area contributed by atoms with E-state index in [1.165, 1.54) is 24.8 Å². The number of phenolic OH excluding ortho intramolecular Hbond substituents is 1. The van der Waals surface area contributed by atoms with E-state index in [4.69, 9.17) is 0 Å². The van der Waals surface area contributed by atoms with Crippen LogP contribution in [0.15, 0.2) is 27.8 Å². The lowest BCUT2D eigenvalue weighted by molar-refractivity contribution is -0.0826. The molecule has 0 spiro atoms. The molecule has 0 aliphatic heterocycles. The smallest absolute Gasteiger partial charge is 0.253 e. The number of carbonyl (C=O) groups is 1. The van der Waals surface area contributed by atoms with E-state index >= 15 is 0 Å². The van der Waals surface area contributed by atoms with Crippen molar-refractivity contribution in [3.63, 3.8) is 0 Å². The Hall–Kier alpha value is -3.54. The van der Waals surface area contributed by atoms with Crippen molar-refractivity contribution in [1.29, 1.82) is 0 Å². The van der Waals surface area contributed by atoms with Crippen LogP contribution in [-0.4, -0.2) is 66.7 Å². The summed E-state index contributed by atoms with van der Waals surface area (Å²) < 4.78 is 0. The summed E-state index contributed by atoms with van der Waals surface area (Å²) in [6.45, 7) is 3.21. The number of aromatic nitrogens is 2. The lowest BCUT2D eigenvalue weighted by Gasteiger charge is -2.27. The highest BCUT2D eigenvalue weighted by Gasteiger charge is 2.19. The molecular formula is C20H22N4O7. The first kappa shape index (κ1) is 22.2. The molecule has 11 nitrogen and oxygen atoms in total. The van der Waals surface area contributed by atoms with E-state index in [0.29, 0.717) is 6.26 Å². The zero-order chi connectivity index (χ0) is 22.9. The molecule has 164 valence electrons. The molecule has 1 aromatic heterocycles. The van der Waals surface area contributed by atoms with E-state index in [2.05, 4.69) is 15.3 Å². The number of hydrogen-bond acceptors (Lipinski definition) is 9. The van der Waals surface area contributed by atoms with Crippen molar-refractivity contribution < 1.29 is 25.2 Å². The van der Waals surface area contributed by atoms with Crippen LogP contribution in [0.4, 0.5) is 0 Å². The Kier molecular flexibility index (Phi) is 6.20. The number of aliphatic hydroxyl groups excluding tert-OH is 3. The fourth-order valence-corrected chi connectivity index (χ4v) is 3.33. The molecule has 0 bridgehead atoms. The first-order chi connectivity index (χ1) is 14.6. The van der Waals surface area contributed by atoms with E-state index in [1.807, 2.05) is 0 Å². The van der Waals surface area contributed by atoms with Crippen molar-refractivity contribution in [2.45, 2.75) is 26.3 Å². The second-order valence-corrected chi connectivity index (χ2v) is 6.99. The zero-order valence-corrected chi connectivity index (χ0v) is 16.8. The summed E-state index contributed by atoms with van der Waals surface area (Å²) in [5.74, 6) is -1.07. The summed E-state index contributed by atoms with van der Waals surface area (Å²) >= 11 is 0. The molecule has 0 saturated heterocycles. The van der Waals surface area contributed by atoms with E-state index in [9.17, 15) is 34.8 Å². The standard InChI is InChI=1S/C20H22N4O7/c1-9(26)24(10(2)27)6-5-21-20(31)11-3-4-13(28)18-16(11)22-19-15(30)7-14(29)12(8-25)17(19)23-18/h3-4,7-10,22,25-27,29H,5-6H2,1-2H3,(H,21,31)/b12-8-. The van der Waals surface area contributed by atoms with E-state index < -0.39 is 35.0 Å². The fourth-order valence-electron chi connectivity index (χ4n) is 3.33. The Morgan fingerprint density at radius 2 is 1.84 bits per heavy atom. The van der Waals surface area contributed by atoms with Crippen molar-refractivity contribution in [2.24, 2.45) is 0 Å². The van der Waals surface area contributed by atoms with Crippen LogP contribution in [0.3, 0.4) is 0 Å². The first-order valence-corrected chi connectivity index (χ1v) is 9.43. The molecule has 11 heteroatoms. The minimum absolute atomic E-state index is 0.0205. The van der Waals surface area contributed by atoms with Crippen LogP contribution in [0.25, 0.3) is 28.3 Å². The number of aliphatic hydroxyl groups is 3. The molecule has 2 atom stereocenters. The van der Waals surface area contributed by atoms with Gasteiger partial charge in [-0.3, -0.25) is 19.3 Å². The Labute approximate surface area is 174 Å². The van der Waals surface area contributed by atoms with Gasteiger partial charge in [0.2, 0.25) is 10.9 Å². The largest absolute Gasteiger partial charge is 0.515 e. The number of nitrogens with one attached hydrogen (secondary N) is 2. The highest BCUT2D eigenvalue weighted by Crippen LogP contribution is 2.15. The third kappa shape index (κ3) is 4.19. The molecule has 0 fully saturated rings. The molecule has 2 aromatic carbocycles. The molecule has 0 aliphatic carbocycles. The number of H-pyrrole nitrogens is 1. The van der Waals surface area contributed by atoms with Crippen LogP contribution >= 0.6 is 0 Å². The van der Waals surface area contributed by atoms with Gasteiger partial charge in [-0.2, -0.15) is 0 Å². The van der Waals surface area contributed by atoms with Crippen LogP contribution in [-0.2, 0) is 0 Å². The number of rotatable bonds is 6. The SMILES string of the molecule is CC(O)N(CCNC(=O)c1ccc(=O)c2nc3/c(=C\O)c(O)cc(=O)c3[nH]c12)C(C)O. The van der Waals surface area contributed by atoms with Gasteiger partial charge in [0.1, 0.15) is 34.8 Å². The molecular weight excluding hydrogens is 408 g/mol. The van der Waals surface area contributed by atoms with Gasteiger partial charge in [-0.25, -0.2) is 4.98 Å². The molecule has 31 heavy (non-hydrogen) atoms. The van der Waals surface area contributed by atoms with Gasteiger partial charge in [0.05, 0.1) is 22.6 Å². The number of aromatic hydroxyl groups is 1. The normalized spacial score (nSPS) is 14.3. The predicted octanol–water partition coefficient (Wildman–Crippen LogP) is -1.13. The number of hydrogen-bond donors (Lipinski definition) is 6. The number of benzene rings is 2. The number of carbonyl (C=O) groups excluding carboxylic acids is 1. The van der Waals surface area contributed by atoms with Gasteiger partial charge in [-0.05, 0) is 26.0 Å². The molecule has 0 saturated carbocycles. The van der Waals surface area contributed by atoms with Gasteiger partial charge in [-0.1, -0.05) is 0 Å². The topological polar surface area (TPSA) is 176 Å². The van der Waals surface area contributed by atoms with Crippen molar-refractivity contribution in [3.8, 4) is 5.75 Å². The van der Waals surface area contributed by atoms with Gasteiger partial charge in [0.15, 0.2) is 0 Å². The van der Waals surface area contributed by atoms with Crippen molar-refractivity contribution in [3.05, 3.63) is 49.4 Å². The van der Waals surface area contributed by atoms with Crippen molar-refractivity contribution >= 4 is 34.2 Å². The van der Waals surface area contributed by atoms with Gasteiger partial charge in [0.25, 0.3) is 5.91 Å². The zero-order valence-electron chi connectivity index (χ0n) is 16.8. The molecule has 0 aliphatic rings. The Morgan fingerprint density at radius 3 is 2.45 bits per heavy atom. The highest BCUT2D eigenvalue weighted by atomic mass is 16.3. The van der Waals surface area contributed by atoms with Crippen LogP contribution in [0.1, 0.15) is 24.2 Å². The van der Waals surface area contributed by atoms with E-state index in [1.54, 1.807) is 0 Å². The summed E-state index contributed by atoms with van der Waals surface area (Å²) in [5.41, 5.74) is -1.46. The van der Waals surface area contributed by atoms with E-state index in [-0.39, 0.29) is 45.9 Å². The highest BCUT2D eigenvalue weighted by molar-refractivity contribution is 6.06. The summed E-state index contributed by atoms with van der Waals surface area (Å²) in [6.07, 6.45) is -1.28.